The summed E-state index contributed by atoms with van der Waals surface area (Å²) in [6.45, 7) is 4.17. The summed E-state index contributed by atoms with van der Waals surface area (Å²) in [6, 6.07) is 13.8. The molecule has 1 aliphatic rings. The first kappa shape index (κ1) is 21.7. The van der Waals surface area contributed by atoms with Crippen LogP contribution < -0.4 is 15.0 Å². The number of nitrogens with zero attached hydrogens (tertiary/aromatic N) is 2. The van der Waals surface area contributed by atoms with Gasteiger partial charge in [0.2, 0.25) is 0 Å². The fourth-order valence-electron chi connectivity index (χ4n) is 4.02. The predicted molar refractivity (Wildman–Crippen MR) is 126 cm³/mol. The smallest absolute Gasteiger partial charge is 0.253 e. The molecule has 1 atom stereocenters. The van der Waals surface area contributed by atoms with E-state index in [9.17, 15) is 9.90 Å². The van der Waals surface area contributed by atoms with Crippen LogP contribution in [0.3, 0.4) is 0 Å². The lowest BCUT2D eigenvalue weighted by molar-refractivity contribution is 0.0853. The molecule has 4 rings (SSSR count). The Morgan fingerprint density at radius 1 is 1.23 bits per heavy atom. The molecule has 0 radical (unpaired) electrons. The Hall–Kier alpha value is -2.55. The van der Waals surface area contributed by atoms with Crippen molar-refractivity contribution < 1.29 is 14.6 Å². The molecule has 0 bridgehead atoms. The second kappa shape index (κ2) is 9.72. The number of amides is 1. The number of benzene rings is 2. The number of ether oxygens (including phenoxy) is 1. The van der Waals surface area contributed by atoms with E-state index in [1.807, 2.05) is 36.4 Å². The van der Waals surface area contributed by atoms with Crippen LogP contribution in [0.15, 0.2) is 53.1 Å². The molecule has 3 N–H and O–H groups in total. The maximum absolute atomic E-state index is 12.6. The Bertz CT molecular complexity index is 1050. The van der Waals surface area contributed by atoms with Crippen LogP contribution in [0, 0.1) is 0 Å². The summed E-state index contributed by atoms with van der Waals surface area (Å²) in [5, 5.41) is 14.2. The number of para-hydroxylation sites is 2. The minimum atomic E-state index is -0.624. The molecule has 1 fully saturated rings. The lowest BCUT2D eigenvalue weighted by Gasteiger charge is -2.37. The molecule has 0 saturated carbocycles. The number of methoxy groups -OCH3 is 1. The predicted octanol–water partition coefficient (Wildman–Crippen LogP) is 2.85. The van der Waals surface area contributed by atoms with Gasteiger partial charge in [-0.15, -0.1) is 0 Å². The number of H-pyrrole nitrogens is 1. The van der Waals surface area contributed by atoms with Crippen molar-refractivity contribution in [1.82, 2.24) is 15.2 Å². The third-order valence-electron chi connectivity index (χ3n) is 5.65. The van der Waals surface area contributed by atoms with Gasteiger partial charge in [-0.2, -0.15) is 0 Å². The van der Waals surface area contributed by atoms with Gasteiger partial charge in [0.25, 0.3) is 5.91 Å². The zero-order valence-electron chi connectivity index (χ0n) is 17.5. The van der Waals surface area contributed by atoms with Crippen LogP contribution >= 0.6 is 15.9 Å². The number of anilines is 1. The van der Waals surface area contributed by atoms with E-state index in [-0.39, 0.29) is 12.5 Å². The van der Waals surface area contributed by atoms with Gasteiger partial charge in [-0.25, -0.2) is 0 Å². The number of hydrogen-bond acceptors (Lipinski definition) is 5. The molecule has 1 amide bonds. The molecule has 8 heteroatoms. The van der Waals surface area contributed by atoms with E-state index < -0.39 is 6.10 Å². The molecular formula is C23H27BrN4O3. The van der Waals surface area contributed by atoms with E-state index in [4.69, 9.17) is 4.74 Å². The van der Waals surface area contributed by atoms with Gasteiger partial charge in [0.05, 0.1) is 24.5 Å². The fourth-order valence-corrected chi connectivity index (χ4v) is 4.38. The van der Waals surface area contributed by atoms with Gasteiger partial charge in [0.15, 0.2) is 0 Å². The molecule has 1 unspecified atom stereocenters. The van der Waals surface area contributed by atoms with Gasteiger partial charge in [-0.05, 0) is 24.3 Å². The van der Waals surface area contributed by atoms with Crippen LogP contribution in [0.5, 0.6) is 5.75 Å². The average Bonchev–Trinajstić information content (AvgIpc) is 3.21. The number of aliphatic hydroxyl groups is 1. The number of carbonyl (C=O) groups is 1. The van der Waals surface area contributed by atoms with E-state index in [1.54, 1.807) is 13.3 Å². The minimum Gasteiger partial charge on any atom is -0.495 e. The third kappa shape index (κ3) is 5.03. The number of aromatic nitrogens is 1. The van der Waals surface area contributed by atoms with Gasteiger partial charge in [-0.3, -0.25) is 9.69 Å². The lowest BCUT2D eigenvalue weighted by atomic mass is 10.1. The van der Waals surface area contributed by atoms with Crippen molar-refractivity contribution in [2.24, 2.45) is 0 Å². The minimum absolute atomic E-state index is 0.186. The summed E-state index contributed by atoms with van der Waals surface area (Å²) in [7, 11) is 1.69. The van der Waals surface area contributed by atoms with E-state index in [1.165, 1.54) is 0 Å². The number of aromatic amines is 1. The summed E-state index contributed by atoms with van der Waals surface area (Å²) in [5.41, 5.74) is 2.58. The molecule has 31 heavy (non-hydrogen) atoms. The van der Waals surface area contributed by atoms with Crippen molar-refractivity contribution in [2.75, 3.05) is 51.3 Å². The Morgan fingerprint density at radius 3 is 2.77 bits per heavy atom. The van der Waals surface area contributed by atoms with Crippen LogP contribution in [-0.2, 0) is 0 Å². The number of rotatable bonds is 7. The zero-order chi connectivity index (χ0) is 21.8. The molecule has 1 saturated heterocycles. The number of piperazine rings is 1. The zero-order valence-corrected chi connectivity index (χ0v) is 19.1. The maximum atomic E-state index is 12.6. The molecule has 164 valence electrons. The van der Waals surface area contributed by atoms with Crippen molar-refractivity contribution in [2.45, 2.75) is 6.10 Å². The van der Waals surface area contributed by atoms with E-state index in [2.05, 4.69) is 42.1 Å². The number of carbonyl (C=O) groups excluding carboxylic acids is 1. The van der Waals surface area contributed by atoms with Crippen LogP contribution in [-0.4, -0.2) is 73.4 Å². The lowest BCUT2D eigenvalue weighted by Crippen LogP contribution is -2.50. The van der Waals surface area contributed by atoms with Crippen LogP contribution in [0.2, 0.25) is 0 Å². The molecular weight excluding hydrogens is 460 g/mol. The third-order valence-corrected chi connectivity index (χ3v) is 6.15. The van der Waals surface area contributed by atoms with E-state index >= 15 is 0 Å². The molecule has 2 heterocycles. The number of β-amino-alcohol motifs (C(OH)–C–C–N with tert-alkyl or cyclic N) is 1. The first-order valence-corrected chi connectivity index (χ1v) is 11.2. The standard InChI is InChI=1S/C23H27BrN4O3/c1-31-22-5-3-2-4-21(22)28-10-8-27(9-11-28)15-17(29)13-26-23(30)19-14-25-20-12-16(24)6-7-18(19)20/h2-7,12,14,17,25,29H,8-11,13,15H2,1H3,(H,26,30). The van der Waals surface area contributed by atoms with Crippen molar-refractivity contribution in [3.8, 4) is 5.75 Å². The molecule has 1 aromatic heterocycles. The number of fused-ring (bicyclic) bond motifs is 1. The van der Waals surface area contributed by atoms with Gasteiger partial charge in [-0.1, -0.05) is 34.1 Å². The molecule has 0 aliphatic carbocycles. The number of nitrogens with one attached hydrogen (secondary N) is 2. The summed E-state index contributed by atoms with van der Waals surface area (Å²) in [6.07, 6.45) is 1.08. The summed E-state index contributed by atoms with van der Waals surface area (Å²) in [5.74, 6) is 0.692. The maximum Gasteiger partial charge on any atom is 0.253 e. The van der Waals surface area contributed by atoms with Gasteiger partial charge >= 0.3 is 0 Å². The largest absolute Gasteiger partial charge is 0.495 e. The molecule has 1 aliphatic heterocycles. The quantitative estimate of drug-likeness (QED) is 0.478. The Labute approximate surface area is 190 Å². The molecule has 2 aromatic carbocycles. The van der Waals surface area contributed by atoms with Gasteiger partial charge < -0.3 is 25.0 Å². The first-order valence-electron chi connectivity index (χ1n) is 10.4. The fraction of sp³-hybridized carbons (Fsp3) is 0.348. The molecule has 7 nitrogen and oxygen atoms in total. The number of aliphatic hydroxyl groups excluding tert-OH is 1. The van der Waals surface area contributed by atoms with Gasteiger partial charge in [0.1, 0.15) is 5.75 Å². The second-order valence-corrected chi connectivity index (χ2v) is 8.63. The van der Waals surface area contributed by atoms with Crippen molar-refractivity contribution in [1.29, 1.82) is 0 Å². The Kier molecular flexibility index (Phi) is 6.80. The van der Waals surface area contributed by atoms with Crippen LogP contribution in [0.4, 0.5) is 5.69 Å². The normalized spacial score (nSPS) is 15.8. The first-order chi connectivity index (χ1) is 15.0. The highest BCUT2D eigenvalue weighted by Gasteiger charge is 2.22. The van der Waals surface area contributed by atoms with Crippen molar-refractivity contribution >= 4 is 38.4 Å². The van der Waals surface area contributed by atoms with Crippen molar-refractivity contribution in [3.05, 3.63) is 58.7 Å². The Morgan fingerprint density at radius 2 is 2.00 bits per heavy atom. The number of hydrogen-bond donors (Lipinski definition) is 3. The molecule has 0 spiro atoms. The summed E-state index contributed by atoms with van der Waals surface area (Å²) in [4.78, 5) is 20.2. The van der Waals surface area contributed by atoms with E-state index in [0.29, 0.717) is 12.1 Å². The van der Waals surface area contributed by atoms with Crippen molar-refractivity contribution in [3.63, 3.8) is 0 Å². The Balaban J connectivity index is 1.26. The average molecular weight is 487 g/mol. The summed E-state index contributed by atoms with van der Waals surface area (Å²) >= 11 is 3.43. The highest BCUT2D eigenvalue weighted by molar-refractivity contribution is 9.10. The molecule has 3 aromatic rings. The second-order valence-electron chi connectivity index (χ2n) is 7.72. The highest BCUT2D eigenvalue weighted by Crippen LogP contribution is 2.28. The topological polar surface area (TPSA) is 80.8 Å². The van der Waals surface area contributed by atoms with Crippen LogP contribution in [0.25, 0.3) is 10.9 Å². The van der Waals surface area contributed by atoms with Crippen LogP contribution in [0.1, 0.15) is 10.4 Å². The van der Waals surface area contributed by atoms with Gasteiger partial charge in [0, 0.05) is 60.8 Å². The monoisotopic (exact) mass is 486 g/mol. The number of halogens is 1. The SMILES string of the molecule is COc1ccccc1N1CCN(CC(O)CNC(=O)c2c[nH]c3cc(Br)ccc23)CC1. The highest BCUT2D eigenvalue weighted by atomic mass is 79.9. The summed E-state index contributed by atoms with van der Waals surface area (Å²) < 4.78 is 6.42. The van der Waals surface area contributed by atoms with E-state index in [0.717, 1.165) is 53.0 Å².